The Morgan fingerprint density at radius 2 is 1.94 bits per heavy atom. The van der Waals surface area contributed by atoms with Crippen molar-refractivity contribution in [3.8, 4) is 0 Å². The Balaban J connectivity index is 3.84. The maximum Gasteiger partial charge on any atom is 0.404 e. The average molecular weight is 276 g/mol. The molecule has 0 saturated heterocycles. The largest absolute Gasteiger partial charge is 0.465 e. The number of nitrogens with two attached hydrogens (primary N) is 1. The molecule has 0 aromatic carbocycles. The van der Waals surface area contributed by atoms with E-state index in [9.17, 15) is 4.79 Å². The summed E-state index contributed by atoms with van der Waals surface area (Å²) >= 11 is 0. The predicted molar refractivity (Wildman–Crippen MR) is 76.1 cm³/mol. The normalized spacial score (nSPS) is 14.3. The van der Waals surface area contributed by atoms with Crippen LogP contribution in [0.4, 0.5) is 4.79 Å². The van der Waals surface area contributed by atoms with Crippen LogP contribution >= 0.6 is 0 Å². The van der Waals surface area contributed by atoms with E-state index in [4.69, 9.17) is 15.3 Å². The molecule has 18 heavy (non-hydrogen) atoms. The fourth-order valence-electron chi connectivity index (χ4n) is 1.28. The third-order valence-electron chi connectivity index (χ3n) is 3.44. The number of nitrogens with one attached hydrogen (secondary N) is 1. The summed E-state index contributed by atoms with van der Waals surface area (Å²) in [6.45, 7) is 11.4. The highest BCUT2D eigenvalue weighted by molar-refractivity contribution is 6.74. The summed E-state index contributed by atoms with van der Waals surface area (Å²) in [6, 6.07) is 0. The first-order chi connectivity index (χ1) is 8.06. The van der Waals surface area contributed by atoms with E-state index in [1.54, 1.807) is 0 Å². The topological polar surface area (TPSA) is 84.6 Å². The second-order valence-electron chi connectivity index (χ2n) is 6.14. The van der Waals surface area contributed by atoms with Gasteiger partial charge >= 0.3 is 6.09 Å². The Morgan fingerprint density at radius 1 is 1.39 bits per heavy atom. The molecule has 0 aliphatic carbocycles. The molecule has 1 amide bonds. The molecule has 6 heteroatoms. The van der Waals surface area contributed by atoms with Gasteiger partial charge in [-0.3, -0.25) is 0 Å². The first kappa shape index (κ1) is 17.4. The van der Waals surface area contributed by atoms with Crippen LogP contribution < -0.4 is 11.1 Å². The van der Waals surface area contributed by atoms with Crippen LogP contribution in [-0.4, -0.2) is 32.3 Å². The summed E-state index contributed by atoms with van der Waals surface area (Å²) in [5.74, 6) is 0. The Kier molecular flexibility index (Phi) is 6.87. The van der Waals surface area contributed by atoms with Crippen LogP contribution in [0.2, 0.25) is 18.1 Å². The van der Waals surface area contributed by atoms with E-state index >= 15 is 0 Å². The Labute approximate surface area is 111 Å². The zero-order chi connectivity index (χ0) is 14.4. The van der Waals surface area contributed by atoms with Gasteiger partial charge in [-0.05, 0) is 37.4 Å². The Bertz CT molecular complexity index is 265. The zero-order valence-corrected chi connectivity index (χ0v) is 13.2. The lowest BCUT2D eigenvalue weighted by atomic mass is 10.2. The first-order valence-electron chi connectivity index (χ1n) is 6.46. The standard InChI is InChI=1S/C12H28N2O3Si/c1-12(2,3)18(4,5)17-10(13)8-6-7-9-14-11(15)16/h10,14H,6-9,13H2,1-5H3,(H,15,16). The van der Waals surface area contributed by atoms with Gasteiger partial charge in [-0.2, -0.15) is 0 Å². The minimum Gasteiger partial charge on any atom is -0.465 e. The van der Waals surface area contributed by atoms with Crippen molar-refractivity contribution in [3.05, 3.63) is 0 Å². The summed E-state index contributed by atoms with van der Waals surface area (Å²) in [6.07, 6.45) is 1.22. The minimum absolute atomic E-state index is 0.162. The average Bonchev–Trinajstić information content (AvgIpc) is 2.13. The third-order valence-corrected chi connectivity index (χ3v) is 7.95. The van der Waals surface area contributed by atoms with Gasteiger partial charge in [0.1, 0.15) is 0 Å². The van der Waals surface area contributed by atoms with Gasteiger partial charge in [0.05, 0.1) is 6.23 Å². The number of carbonyl (C=O) groups is 1. The van der Waals surface area contributed by atoms with Crippen LogP contribution in [0.5, 0.6) is 0 Å². The van der Waals surface area contributed by atoms with Crippen molar-refractivity contribution >= 4 is 14.4 Å². The highest BCUT2D eigenvalue weighted by Gasteiger charge is 2.38. The molecule has 4 N–H and O–H groups in total. The van der Waals surface area contributed by atoms with Crippen LogP contribution in [0, 0.1) is 0 Å². The van der Waals surface area contributed by atoms with E-state index in [0.29, 0.717) is 6.54 Å². The molecule has 0 bridgehead atoms. The predicted octanol–water partition coefficient (Wildman–Crippen LogP) is 2.73. The van der Waals surface area contributed by atoms with Crippen LogP contribution in [0.1, 0.15) is 40.0 Å². The van der Waals surface area contributed by atoms with E-state index in [0.717, 1.165) is 19.3 Å². The molecule has 0 radical (unpaired) electrons. The Hall–Kier alpha value is -0.593. The lowest BCUT2D eigenvalue weighted by molar-refractivity contribution is 0.173. The van der Waals surface area contributed by atoms with Crippen molar-refractivity contribution in [2.75, 3.05) is 6.54 Å². The molecule has 0 saturated carbocycles. The van der Waals surface area contributed by atoms with Crippen LogP contribution in [-0.2, 0) is 4.43 Å². The highest BCUT2D eigenvalue weighted by atomic mass is 28.4. The van der Waals surface area contributed by atoms with Gasteiger partial charge in [0.15, 0.2) is 8.32 Å². The molecule has 1 atom stereocenters. The van der Waals surface area contributed by atoms with Crippen LogP contribution in [0.15, 0.2) is 0 Å². The minimum atomic E-state index is -1.79. The molecular weight excluding hydrogens is 248 g/mol. The molecule has 0 aromatic rings. The smallest absolute Gasteiger partial charge is 0.404 e. The van der Waals surface area contributed by atoms with E-state index in [-0.39, 0.29) is 11.3 Å². The van der Waals surface area contributed by atoms with E-state index in [1.165, 1.54) is 0 Å². The van der Waals surface area contributed by atoms with Gasteiger partial charge in [-0.25, -0.2) is 4.79 Å². The zero-order valence-electron chi connectivity index (χ0n) is 12.2. The molecule has 1 unspecified atom stereocenters. The summed E-state index contributed by atoms with van der Waals surface area (Å²) in [4.78, 5) is 10.2. The quantitative estimate of drug-likeness (QED) is 0.379. The SMILES string of the molecule is CC(C)(C)[Si](C)(C)OC(N)CCCCNC(=O)O. The second kappa shape index (κ2) is 7.11. The van der Waals surface area contributed by atoms with Gasteiger partial charge in [-0.1, -0.05) is 20.8 Å². The van der Waals surface area contributed by atoms with Crippen molar-refractivity contribution in [2.24, 2.45) is 5.73 Å². The van der Waals surface area contributed by atoms with E-state index in [1.807, 2.05) is 0 Å². The molecule has 0 aliphatic heterocycles. The molecule has 5 nitrogen and oxygen atoms in total. The van der Waals surface area contributed by atoms with Gasteiger partial charge in [0.25, 0.3) is 0 Å². The molecule has 0 spiro atoms. The molecule has 0 heterocycles. The van der Waals surface area contributed by atoms with Gasteiger partial charge in [-0.15, -0.1) is 0 Å². The summed E-state index contributed by atoms with van der Waals surface area (Å²) < 4.78 is 6.01. The molecular formula is C12H28N2O3Si. The second-order valence-corrected chi connectivity index (χ2v) is 10.9. The highest BCUT2D eigenvalue weighted by Crippen LogP contribution is 2.37. The fraction of sp³-hybridized carbons (Fsp3) is 0.917. The monoisotopic (exact) mass is 276 g/mol. The fourth-order valence-corrected chi connectivity index (χ4v) is 2.51. The first-order valence-corrected chi connectivity index (χ1v) is 9.37. The van der Waals surface area contributed by atoms with E-state index < -0.39 is 14.4 Å². The van der Waals surface area contributed by atoms with Gasteiger partial charge in [0.2, 0.25) is 0 Å². The van der Waals surface area contributed by atoms with Gasteiger partial charge in [0, 0.05) is 6.54 Å². The summed E-state index contributed by atoms with van der Waals surface area (Å²) in [7, 11) is -1.79. The van der Waals surface area contributed by atoms with Crippen LogP contribution in [0.3, 0.4) is 0 Å². The van der Waals surface area contributed by atoms with Crippen molar-refractivity contribution in [3.63, 3.8) is 0 Å². The van der Waals surface area contributed by atoms with Gasteiger partial charge < -0.3 is 20.6 Å². The van der Waals surface area contributed by atoms with Crippen molar-refractivity contribution in [2.45, 2.75) is 64.4 Å². The summed E-state index contributed by atoms with van der Waals surface area (Å²) in [5, 5.41) is 10.9. The third kappa shape index (κ3) is 6.98. The number of hydrogen-bond acceptors (Lipinski definition) is 3. The number of carboxylic acid groups (broad SMARTS) is 1. The Morgan fingerprint density at radius 3 is 2.39 bits per heavy atom. The van der Waals surface area contributed by atoms with Crippen molar-refractivity contribution < 1.29 is 14.3 Å². The number of unbranched alkanes of at least 4 members (excludes halogenated alkanes) is 1. The number of amides is 1. The van der Waals surface area contributed by atoms with Crippen molar-refractivity contribution in [1.82, 2.24) is 5.32 Å². The lowest BCUT2D eigenvalue weighted by Crippen LogP contribution is -2.46. The molecule has 0 rings (SSSR count). The number of rotatable bonds is 7. The summed E-state index contributed by atoms with van der Waals surface area (Å²) in [5.41, 5.74) is 5.97. The lowest BCUT2D eigenvalue weighted by Gasteiger charge is -2.38. The maximum absolute atomic E-state index is 10.2. The molecule has 0 fully saturated rings. The molecule has 108 valence electrons. The van der Waals surface area contributed by atoms with E-state index in [2.05, 4.69) is 39.2 Å². The molecule has 0 aromatic heterocycles. The number of hydrogen-bond donors (Lipinski definition) is 3. The maximum atomic E-state index is 10.2. The molecule has 0 aliphatic rings. The van der Waals surface area contributed by atoms with Crippen LogP contribution in [0.25, 0.3) is 0 Å². The van der Waals surface area contributed by atoms with Crippen molar-refractivity contribution in [1.29, 1.82) is 0 Å².